The first-order valence-electron chi connectivity index (χ1n) is 8.41. The molecule has 1 N–H and O–H groups in total. The summed E-state index contributed by atoms with van der Waals surface area (Å²) in [6.45, 7) is -0.452. The number of nitrogens with one attached hydrogen (secondary N) is 1. The van der Waals surface area contributed by atoms with Crippen LogP contribution in [-0.4, -0.2) is 42.5 Å². The number of carbonyl (C=O) groups excluding carboxylic acids is 2. The molecule has 0 aliphatic rings. The summed E-state index contributed by atoms with van der Waals surface area (Å²) in [5.74, 6) is -0.300. The van der Waals surface area contributed by atoms with E-state index in [1.54, 1.807) is 37.6 Å². The van der Waals surface area contributed by atoms with Gasteiger partial charge in [-0.05, 0) is 36.4 Å². The lowest BCUT2D eigenvalue weighted by Crippen LogP contribution is -2.21. The lowest BCUT2D eigenvalue weighted by atomic mass is 10.3. The molecule has 3 rings (SSSR count). The summed E-state index contributed by atoms with van der Waals surface area (Å²) in [6, 6.07) is 16.0. The van der Waals surface area contributed by atoms with Crippen LogP contribution in [0.5, 0.6) is 11.5 Å². The quantitative estimate of drug-likeness (QED) is 0.633. The third-order valence-corrected chi connectivity index (χ3v) is 3.82. The van der Waals surface area contributed by atoms with Gasteiger partial charge in [0.1, 0.15) is 5.75 Å². The van der Waals surface area contributed by atoms with Crippen molar-refractivity contribution in [2.24, 2.45) is 0 Å². The highest BCUT2D eigenvalue weighted by atomic mass is 16.5. The summed E-state index contributed by atoms with van der Waals surface area (Å²) in [6.07, 6.45) is 1.57. The normalized spacial score (nSPS) is 10.2. The van der Waals surface area contributed by atoms with E-state index in [0.717, 1.165) is 5.69 Å². The van der Waals surface area contributed by atoms with Crippen LogP contribution in [0.3, 0.4) is 0 Å². The minimum Gasteiger partial charge on any atom is -0.497 e. The Morgan fingerprint density at radius 3 is 2.36 bits per heavy atom. The first kappa shape index (κ1) is 19.0. The number of benzene rings is 2. The van der Waals surface area contributed by atoms with Crippen LogP contribution in [0.15, 0.2) is 60.8 Å². The van der Waals surface area contributed by atoms with Crippen LogP contribution >= 0.6 is 0 Å². The van der Waals surface area contributed by atoms with E-state index in [9.17, 15) is 9.59 Å². The molecule has 0 saturated heterocycles. The van der Waals surface area contributed by atoms with Crippen LogP contribution in [-0.2, 0) is 9.53 Å². The van der Waals surface area contributed by atoms with E-state index in [4.69, 9.17) is 14.2 Å². The molecular formula is C20H19N3O5. The van der Waals surface area contributed by atoms with Crippen LogP contribution in [0.4, 0.5) is 5.69 Å². The van der Waals surface area contributed by atoms with Gasteiger partial charge < -0.3 is 19.5 Å². The summed E-state index contributed by atoms with van der Waals surface area (Å²) in [5, 5.41) is 6.83. The molecule has 1 amide bonds. The van der Waals surface area contributed by atoms with Crippen molar-refractivity contribution in [1.82, 2.24) is 9.78 Å². The van der Waals surface area contributed by atoms with Gasteiger partial charge in [0.05, 0.1) is 26.1 Å². The highest BCUT2D eigenvalue weighted by Crippen LogP contribution is 2.20. The van der Waals surface area contributed by atoms with E-state index in [2.05, 4.69) is 10.4 Å². The smallest absolute Gasteiger partial charge is 0.363 e. The molecule has 0 aliphatic heterocycles. The van der Waals surface area contributed by atoms with Crippen molar-refractivity contribution in [2.75, 3.05) is 26.1 Å². The van der Waals surface area contributed by atoms with Crippen molar-refractivity contribution in [3.05, 3.63) is 66.5 Å². The molecular weight excluding hydrogens is 362 g/mol. The molecule has 1 heterocycles. The second kappa shape index (κ2) is 8.72. The number of ether oxygens (including phenoxy) is 3. The van der Waals surface area contributed by atoms with E-state index in [-0.39, 0.29) is 11.4 Å². The molecule has 0 spiro atoms. The van der Waals surface area contributed by atoms with Crippen molar-refractivity contribution >= 4 is 17.6 Å². The maximum Gasteiger partial charge on any atom is 0.363 e. The third-order valence-electron chi connectivity index (χ3n) is 3.82. The molecule has 28 heavy (non-hydrogen) atoms. The predicted molar refractivity (Wildman–Crippen MR) is 102 cm³/mol. The summed E-state index contributed by atoms with van der Waals surface area (Å²) in [5.41, 5.74) is 1.31. The molecule has 2 aromatic carbocycles. The SMILES string of the molecule is COc1ccc(NC(=O)COC(=O)c2nn(-c3ccccc3)cc2OC)cc1. The summed E-state index contributed by atoms with van der Waals surface area (Å²) in [4.78, 5) is 24.3. The summed E-state index contributed by atoms with van der Waals surface area (Å²) >= 11 is 0. The van der Waals surface area contributed by atoms with Crippen molar-refractivity contribution < 1.29 is 23.8 Å². The molecule has 8 nitrogen and oxygen atoms in total. The Morgan fingerprint density at radius 1 is 1.00 bits per heavy atom. The number of aromatic nitrogens is 2. The van der Waals surface area contributed by atoms with Crippen LogP contribution in [0.2, 0.25) is 0 Å². The zero-order chi connectivity index (χ0) is 19.9. The molecule has 0 saturated carbocycles. The number of rotatable bonds is 7. The zero-order valence-corrected chi connectivity index (χ0v) is 15.4. The molecule has 1 aromatic heterocycles. The average Bonchev–Trinajstić information content (AvgIpc) is 3.18. The zero-order valence-electron chi connectivity index (χ0n) is 15.4. The number of nitrogens with zero attached hydrogens (tertiary/aromatic N) is 2. The average molecular weight is 381 g/mol. The fourth-order valence-electron chi connectivity index (χ4n) is 2.43. The summed E-state index contributed by atoms with van der Waals surface area (Å²) in [7, 11) is 2.99. The highest BCUT2D eigenvalue weighted by molar-refractivity contribution is 5.95. The second-order valence-electron chi connectivity index (χ2n) is 5.68. The van der Waals surface area contributed by atoms with Crippen molar-refractivity contribution in [3.63, 3.8) is 0 Å². The lowest BCUT2D eigenvalue weighted by molar-refractivity contribution is -0.119. The van der Waals surface area contributed by atoms with Crippen molar-refractivity contribution in [1.29, 1.82) is 0 Å². The van der Waals surface area contributed by atoms with Gasteiger partial charge in [0.2, 0.25) is 5.69 Å². The molecule has 144 valence electrons. The fraction of sp³-hybridized carbons (Fsp3) is 0.150. The minimum atomic E-state index is -0.753. The van der Waals surface area contributed by atoms with Crippen molar-refractivity contribution in [3.8, 4) is 17.2 Å². The van der Waals surface area contributed by atoms with Gasteiger partial charge in [-0.2, -0.15) is 5.10 Å². The standard InChI is InChI=1S/C20H19N3O5/c1-26-16-10-8-14(9-11-16)21-18(24)13-28-20(25)19-17(27-2)12-23(22-19)15-6-4-3-5-7-15/h3-12H,13H2,1-2H3,(H,21,24). The van der Waals surface area contributed by atoms with Gasteiger partial charge in [-0.15, -0.1) is 0 Å². The van der Waals surface area contributed by atoms with E-state index < -0.39 is 18.5 Å². The molecule has 8 heteroatoms. The Balaban J connectivity index is 1.62. The van der Waals surface area contributed by atoms with Gasteiger partial charge >= 0.3 is 5.97 Å². The number of esters is 1. The Labute approximate surface area is 161 Å². The molecule has 3 aromatic rings. The fourth-order valence-corrected chi connectivity index (χ4v) is 2.43. The van der Waals surface area contributed by atoms with Gasteiger partial charge in [-0.25, -0.2) is 9.48 Å². The minimum absolute atomic E-state index is 0.0106. The van der Waals surface area contributed by atoms with Crippen LogP contribution in [0.25, 0.3) is 5.69 Å². The maximum atomic E-state index is 12.3. The molecule has 0 atom stereocenters. The van der Waals surface area contributed by atoms with Crippen LogP contribution in [0.1, 0.15) is 10.5 Å². The number of carbonyl (C=O) groups is 2. The molecule has 0 bridgehead atoms. The third kappa shape index (κ3) is 4.47. The van der Waals surface area contributed by atoms with E-state index in [0.29, 0.717) is 11.4 Å². The maximum absolute atomic E-state index is 12.3. The molecule has 0 unspecified atom stereocenters. The molecule has 0 radical (unpaired) electrons. The number of hydrogen-bond donors (Lipinski definition) is 1. The topological polar surface area (TPSA) is 91.7 Å². The molecule has 0 aliphatic carbocycles. The van der Waals surface area contributed by atoms with E-state index in [1.165, 1.54) is 11.8 Å². The van der Waals surface area contributed by atoms with Crippen molar-refractivity contribution in [2.45, 2.75) is 0 Å². The van der Waals surface area contributed by atoms with Crippen LogP contribution in [0, 0.1) is 0 Å². The number of anilines is 1. The Morgan fingerprint density at radius 2 is 1.71 bits per heavy atom. The first-order chi connectivity index (χ1) is 13.6. The Kier molecular flexibility index (Phi) is 5.91. The second-order valence-corrected chi connectivity index (χ2v) is 5.68. The largest absolute Gasteiger partial charge is 0.497 e. The van der Waals surface area contributed by atoms with Gasteiger partial charge in [-0.3, -0.25) is 4.79 Å². The number of amides is 1. The van der Waals surface area contributed by atoms with E-state index >= 15 is 0 Å². The Hall–Kier alpha value is -3.81. The number of methoxy groups -OCH3 is 2. The monoisotopic (exact) mass is 381 g/mol. The lowest BCUT2D eigenvalue weighted by Gasteiger charge is -2.07. The van der Waals surface area contributed by atoms with Gasteiger partial charge in [0.15, 0.2) is 12.4 Å². The first-order valence-corrected chi connectivity index (χ1v) is 8.41. The molecule has 0 fully saturated rings. The van der Waals surface area contributed by atoms with E-state index in [1.807, 2.05) is 30.3 Å². The number of para-hydroxylation sites is 1. The number of hydrogen-bond acceptors (Lipinski definition) is 6. The van der Waals surface area contributed by atoms with Gasteiger partial charge in [0.25, 0.3) is 5.91 Å². The Bertz CT molecular complexity index is 952. The highest BCUT2D eigenvalue weighted by Gasteiger charge is 2.21. The summed E-state index contributed by atoms with van der Waals surface area (Å²) < 4.78 is 16.8. The predicted octanol–water partition coefficient (Wildman–Crippen LogP) is 2.69. The van der Waals surface area contributed by atoms with Gasteiger partial charge in [-0.1, -0.05) is 18.2 Å². The van der Waals surface area contributed by atoms with Crippen LogP contribution < -0.4 is 14.8 Å². The van der Waals surface area contributed by atoms with Gasteiger partial charge in [0, 0.05) is 5.69 Å².